The summed E-state index contributed by atoms with van der Waals surface area (Å²) in [6.45, 7) is 0.864. The van der Waals surface area contributed by atoms with Crippen molar-refractivity contribution in [3.63, 3.8) is 0 Å². The Morgan fingerprint density at radius 3 is 2.62 bits per heavy atom. The zero-order valence-corrected chi connectivity index (χ0v) is 17.7. The van der Waals surface area contributed by atoms with E-state index < -0.39 is 27.9 Å². The van der Waals surface area contributed by atoms with E-state index in [4.69, 9.17) is 0 Å². The van der Waals surface area contributed by atoms with Crippen LogP contribution in [0.15, 0.2) is 36.7 Å². The van der Waals surface area contributed by atoms with Crippen LogP contribution < -0.4 is 10.2 Å². The Morgan fingerprint density at radius 1 is 1.16 bits per heavy atom. The van der Waals surface area contributed by atoms with Crippen LogP contribution in [0.4, 0.5) is 25.0 Å². The van der Waals surface area contributed by atoms with Gasteiger partial charge in [0.15, 0.2) is 15.5 Å². The number of urea groups is 1. The molecular weight excluding hydrogens is 442 g/mol. The van der Waals surface area contributed by atoms with Crippen molar-refractivity contribution in [1.29, 1.82) is 0 Å². The third-order valence-electron chi connectivity index (χ3n) is 5.62. The Bertz CT molecular complexity index is 1290. The quantitative estimate of drug-likeness (QED) is 0.639. The number of nitrogens with zero attached hydrogens (tertiary/aromatic N) is 5. The Hall–Kier alpha value is -3.28. The van der Waals surface area contributed by atoms with Gasteiger partial charge in [-0.2, -0.15) is 0 Å². The van der Waals surface area contributed by atoms with Crippen LogP contribution in [0.1, 0.15) is 0 Å². The number of alkyl halides is 1. The van der Waals surface area contributed by atoms with Crippen molar-refractivity contribution < 1.29 is 22.0 Å². The topological polar surface area (TPSA) is 100 Å². The predicted molar refractivity (Wildman–Crippen MR) is 115 cm³/mol. The largest absolute Gasteiger partial charge is 0.368 e. The number of carbonyl (C=O) groups excluding carboxylic acids is 1. The third-order valence-corrected chi connectivity index (χ3v) is 7.23. The molecule has 2 fully saturated rings. The van der Waals surface area contributed by atoms with Crippen LogP contribution in [0.3, 0.4) is 0 Å². The number of sulfone groups is 1. The van der Waals surface area contributed by atoms with Crippen LogP contribution >= 0.6 is 0 Å². The van der Waals surface area contributed by atoms with Crippen molar-refractivity contribution >= 4 is 38.3 Å². The number of rotatable bonds is 3. The van der Waals surface area contributed by atoms with Gasteiger partial charge in [-0.15, -0.1) is 5.10 Å². The van der Waals surface area contributed by atoms with E-state index in [2.05, 4.69) is 15.4 Å². The lowest BCUT2D eigenvalue weighted by molar-refractivity contribution is 0.0974. The van der Waals surface area contributed by atoms with Crippen molar-refractivity contribution in [2.45, 2.75) is 6.17 Å². The molecule has 3 aromatic rings. The molecule has 2 saturated heterocycles. The summed E-state index contributed by atoms with van der Waals surface area (Å²) in [4.78, 5) is 19.7. The highest BCUT2D eigenvalue weighted by atomic mass is 32.2. The first-order chi connectivity index (χ1) is 15.3. The highest BCUT2D eigenvalue weighted by molar-refractivity contribution is 7.91. The molecule has 4 heterocycles. The molecule has 0 saturated carbocycles. The summed E-state index contributed by atoms with van der Waals surface area (Å²) in [6.07, 6.45) is 2.24. The Balaban J connectivity index is 1.39. The Labute approximate surface area is 182 Å². The molecular formula is C20H20F2N6O3S. The molecule has 168 valence electrons. The van der Waals surface area contributed by atoms with Crippen molar-refractivity contribution in [1.82, 2.24) is 19.7 Å². The van der Waals surface area contributed by atoms with Crippen LogP contribution in [0, 0.1) is 5.82 Å². The fourth-order valence-electron chi connectivity index (χ4n) is 3.73. The van der Waals surface area contributed by atoms with Gasteiger partial charge in [-0.3, -0.25) is 0 Å². The van der Waals surface area contributed by atoms with Gasteiger partial charge in [-0.1, -0.05) is 0 Å². The summed E-state index contributed by atoms with van der Waals surface area (Å²) in [7, 11) is -2.99. The second kappa shape index (κ2) is 7.69. The summed E-state index contributed by atoms with van der Waals surface area (Å²) < 4.78 is 52.2. The van der Waals surface area contributed by atoms with E-state index in [1.54, 1.807) is 12.4 Å². The summed E-state index contributed by atoms with van der Waals surface area (Å²) in [5.74, 6) is -0.348. The first kappa shape index (κ1) is 20.6. The first-order valence-electron chi connectivity index (χ1n) is 10.1. The summed E-state index contributed by atoms with van der Waals surface area (Å²) in [5.41, 5.74) is 1.66. The maximum absolute atomic E-state index is 14.5. The van der Waals surface area contributed by atoms with Gasteiger partial charge in [0.1, 0.15) is 17.7 Å². The van der Waals surface area contributed by atoms with Gasteiger partial charge < -0.3 is 15.1 Å². The Kier molecular flexibility index (Phi) is 4.96. The molecule has 2 aliphatic heterocycles. The van der Waals surface area contributed by atoms with Crippen LogP contribution in [0.2, 0.25) is 0 Å². The number of likely N-dealkylation sites (tertiary alicyclic amines) is 1. The SMILES string of the molecule is O=C(Nc1ccc(F)c(-n2cc3cc(N4CCS(=O)(=O)CC4)cnc3n2)c1)N1CC(F)C1. The number of hydrogen-bond donors (Lipinski definition) is 1. The average Bonchev–Trinajstić information content (AvgIpc) is 3.16. The van der Waals surface area contributed by atoms with Crippen molar-refractivity contribution in [2.75, 3.05) is 47.9 Å². The molecule has 9 nitrogen and oxygen atoms in total. The minimum absolute atomic E-state index is 0.0430. The highest BCUT2D eigenvalue weighted by Gasteiger charge is 2.30. The molecule has 1 aromatic carbocycles. The average molecular weight is 462 g/mol. The monoisotopic (exact) mass is 462 g/mol. The van der Waals surface area contributed by atoms with Crippen LogP contribution in [0.25, 0.3) is 16.7 Å². The van der Waals surface area contributed by atoms with Crippen LogP contribution in [-0.2, 0) is 9.84 Å². The molecule has 2 aliphatic rings. The van der Waals surface area contributed by atoms with Gasteiger partial charge in [-0.05, 0) is 24.3 Å². The van der Waals surface area contributed by atoms with E-state index in [-0.39, 0.29) is 30.3 Å². The third kappa shape index (κ3) is 3.97. The van der Waals surface area contributed by atoms with Gasteiger partial charge in [-0.25, -0.2) is 31.7 Å². The molecule has 0 aliphatic carbocycles. The molecule has 12 heteroatoms. The van der Waals surface area contributed by atoms with Gasteiger partial charge >= 0.3 is 6.03 Å². The zero-order chi connectivity index (χ0) is 22.5. The molecule has 5 rings (SSSR count). The fourth-order valence-corrected chi connectivity index (χ4v) is 4.93. The Morgan fingerprint density at radius 2 is 1.91 bits per heavy atom. The van der Waals surface area contributed by atoms with E-state index >= 15 is 0 Å². The second-order valence-electron chi connectivity index (χ2n) is 7.92. The summed E-state index contributed by atoms with van der Waals surface area (Å²) in [5, 5.41) is 7.63. The van der Waals surface area contributed by atoms with Gasteiger partial charge in [0.2, 0.25) is 0 Å². The number of nitrogens with one attached hydrogen (secondary N) is 1. The summed E-state index contributed by atoms with van der Waals surface area (Å²) >= 11 is 0. The number of aromatic nitrogens is 3. The highest BCUT2D eigenvalue weighted by Crippen LogP contribution is 2.25. The van der Waals surface area contributed by atoms with E-state index in [1.165, 1.54) is 27.8 Å². The molecule has 0 radical (unpaired) electrons. The smallest absolute Gasteiger partial charge is 0.322 e. The van der Waals surface area contributed by atoms with E-state index in [1.807, 2.05) is 11.0 Å². The van der Waals surface area contributed by atoms with Crippen molar-refractivity contribution in [3.8, 4) is 5.69 Å². The van der Waals surface area contributed by atoms with Crippen LogP contribution in [0.5, 0.6) is 0 Å². The number of hydrogen-bond acceptors (Lipinski definition) is 6. The molecule has 0 bridgehead atoms. The minimum atomic E-state index is -2.99. The number of amides is 2. The first-order valence-corrected chi connectivity index (χ1v) is 11.9. The molecule has 2 aromatic heterocycles. The number of pyridine rings is 1. The summed E-state index contributed by atoms with van der Waals surface area (Å²) in [6, 6.07) is 5.48. The zero-order valence-electron chi connectivity index (χ0n) is 16.9. The maximum Gasteiger partial charge on any atom is 0.322 e. The van der Waals surface area contributed by atoms with E-state index in [0.29, 0.717) is 29.8 Å². The number of fused-ring (bicyclic) bond motifs is 1. The standard InChI is InChI=1S/C20H20F2N6O3S/c21-14-11-27(12-14)20(29)24-15-1-2-17(22)18(8-15)28-10-13-7-16(9-23-19(13)25-28)26-3-5-32(30,31)6-4-26/h1-2,7-10,14H,3-6,11-12H2,(H,24,29). The molecule has 32 heavy (non-hydrogen) atoms. The van der Waals surface area contributed by atoms with Crippen LogP contribution in [-0.4, -0.2) is 78.0 Å². The van der Waals surface area contributed by atoms with E-state index in [0.717, 1.165) is 5.69 Å². The van der Waals surface area contributed by atoms with Gasteiger partial charge in [0.25, 0.3) is 0 Å². The van der Waals surface area contributed by atoms with Crippen molar-refractivity contribution in [2.24, 2.45) is 0 Å². The van der Waals surface area contributed by atoms with Crippen molar-refractivity contribution in [3.05, 3.63) is 42.5 Å². The number of carbonyl (C=O) groups is 1. The molecule has 0 atom stereocenters. The predicted octanol–water partition coefficient (Wildman–Crippen LogP) is 1.98. The van der Waals surface area contributed by atoms with Gasteiger partial charge in [0, 0.05) is 30.4 Å². The maximum atomic E-state index is 14.5. The van der Waals surface area contributed by atoms with Gasteiger partial charge in [0.05, 0.1) is 36.5 Å². The lowest BCUT2D eigenvalue weighted by Crippen LogP contribution is -2.53. The van der Waals surface area contributed by atoms with E-state index in [9.17, 15) is 22.0 Å². The second-order valence-corrected chi connectivity index (χ2v) is 10.2. The number of benzene rings is 1. The molecule has 0 spiro atoms. The minimum Gasteiger partial charge on any atom is -0.368 e. The number of halogens is 2. The molecule has 1 N–H and O–H groups in total. The number of anilines is 2. The fraction of sp³-hybridized carbons (Fsp3) is 0.350. The molecule has 2 amide bonds. The normalized spacial score (nSPS) is 18.6. The molecule has 0 unspecified atom stereocenters. The lowest BCUT2D eigenvalue weighted by atomic mass is 10.2. The lowest BCUT2D eigenvalue weighted by Gasteiger charge is -2.34.